The molecule has 3 atom stereocenters. The summed E-state index contributed by atoms with van der Waals surface area (Å²) < 4.78 is 5.21. The minimum absolute atomic E-state index is 0.0701. The van der Waals surface area contributed by atoms with E-state index in [1.807, 2.05) is 0 Å². The number of anilines is 1. The number of hydrogen-bond acceptors (Lipinski definition) is 9. The number of nitrogens with one attached hydrogen (secondary N) is 4. The third-order valence-corrected chi connectivity index (χ3v) is 6.60. The van der Waals surface area contributed by atoms with Gasteiger partial charge in [0.15, 0.2) is 0 Å². The molecule has 15 heteroatoms. The minimum atomic E-state index is -1.34. The molecule has 0 bridgehead atoms. The number of carbonyl (C=O) groups excluding carboxylic acids is 7. The number of primary amides is 1. The molecule has 7 amide bonds. The third kappa shape index (κ3) is 10.5. The Kier molecular flexibility index (Phi) is 13.5. The molecule has 0 spiro atoms. The van der Waals surface area contributed by atoms with Crippen LogP contribution in [0.2, 0.25) is 0 Å². The van der Waals surface area contributed by atoms with E-state index in [0.717, 1.165) is 12.2 Å². The number of imide groups is 1. The first-order valence-corrected chi connectivity index (χ1v) is 14.2. The average molecular weight is 616 g/mol. The molecule has 0 aliphatic carbocycles. The van der Waals surface area contributed by atoms with Crippen LogP contribution in [-0.4, -0.2) is 77.7 Å². The summed E-state index contributed by atoms with van der Waals surface area (Å²) in [5.41, 5.74) is 11.9. The van der Waals surface area contributed by atoms with Crippen molar-refractivity contribution in [2.24, 2.45) is 23.3 Å². The van der Waals surface area contributed by atoms with Gasteiger partial charge in [0, 0.05) is 30.9 Å². The van der Waals surface area contributed by atoms with Gasteiger partial charge in [0.1, 0.15) is 24.7 Å². The number of ether oxygens (including phenoxy) is 1. The number of hydrogen-bond donors (Lipinski definition) is 6. The first-order valence-electron chi connectivity index (χ1n) is 14.2. The normalized spacial score (nSPS) is 14.7. The number of rotatable bonds is 16. The zero-order valence-corrected chi connectivity index (χ0v) is 25.3. The van der Waals surface area contributed by atoms with Gasteiger partial charge < -0.3 is 37.5 Å². The maximum absolute atomic E-state index is 13.4. The van der Waals surface area contributed by atoms with Gasteiger partial charge in [0.25, 0.3) is 11.8 Å². The van der Waals surface area contributed by atoms with Gasteiger partial charge in [-0.05, 0) is 36.5 Å². The molecule has 3 unspecified atom stereocenters. The number of urea groups is 1. The van der Waals surface area contributed by atoms with Gasteiger partial charge in [-0.15, -0.1) is 0 Å². The van der Waals surface area contributed by atoms with E-state index in [4.69, 9.17) is 16.2 Å². The summed E-state index contributed by atoms with van der Waals surface area (Å²) in [5.74, 6) is -4.52. The maximum atomic E-state index is 13.4. The summed E-state index contributed by atoms with van der Waals surface area (Å²) in [6, 6.07) is 2.27. The fourth-order valence-corrected chi connectivity index (χ4v) is 4.12. The van der Waals surface area contributed by atoms with Crippen molar-refractivity contribution in [2.45, 2.75) is 65.3 Å². The number of benzene rings is 1. The fraction of sp³-hybridized carbons (Fsp3) is 0.483. The molecule has 8 N–H and O–H groups in total. The monoisotopic (exact) mass is 615 g/mol. The molecule has 240 valence electrons. The van der Waals surface area contributed by atoms with Crippen LogP contribution in [0, 0.1) is 11.8 Å². The van der Waals surface area contributed by atoms with Crippen LogP contribution < -0.4 is 32.7 Å². The summed E-state index contributed by atoms with van der Waals surface area (Å²) >= 11 is 0. The van der Waals surface area contributed by atoms with Gasteiger partial charge >= 0.3 is 12.0 Å². The molecule has 0 aromatic heterocycles. The number of carbonyl (C=O) groups is 7. The van der Waals surface area contributed by atoms with Crippen LogP contribution >= 0.6 is 0 Å². The van der Waals surface area contributed by atoms with Crippen LogP contribution in [-0.2, 0) is 40.1 Å². The Morgan fingerprint density at radius 1 is 0.886 bits per heavy atom. The quantitative estimate of drug-likeness (QED) is 0.0809. The second kappa shape index (κ2) is 16.7. The van der Waals surface area contributed by atoms with Gasteiger partial charge in [0.2, 0.25) is 17.7 Å². The lowest BCUT2D eigenvalue weighted by atomic mass is 10.0. The number of nitrogens with zero attached hydrogens (tertiary/aromatic N) is 1. The highest BCUT2D eigenvalue weighted by Crippen LogP contribution is 2.14. The zero-order chi connectivity index (χ0) is 33.0. The van der Waals surface area contributed by atoms with E-state index in [0.29, 0.717) is 16.2 Å². The van der Waals surface area contributed by atoms with Crippen LogP contribution in [0.5, 0.6) is 0 Å². The van der Waals surface area contributed by atoms with E-state index in [2.05, 4.69) is 21.3 Å². The van der Waals surface area contributed by atoms with Crippen LogP contribution in [0.4, 0.5) is 10.5 Å². The molecule has 15 nitrogen and oxygen atoms in total. The largest absolute Gasteiger partial charge is 0.461 e. The van der Waals surface area contributed by atoms with Crippen molar-refractivity contribution in [3.05, 3.63) is 42.0 Å². The van der Waals surface area contributed by atoms with Crippen molar-refractivity contribution >= 4 is 47.2 Å². The summed E-state index contributed by atoms with van der Waals surface area (Å²) in [6.07, 6.45) is 2.43. The number of amides is 7. The topological polar surface area (TPSA) is 232 Å². The zero-order valence-electron chi connectivity index (χ0n) is 25.3. The molecule has 1 heterocycles. The molecule has 1 aliphatic rings. The summed E-state index contributed by atoms with van der Waals surface area (Å²) in [6.45, 7) is 6.64. The molecule has 0 radical (unpaired) electrons. The predicted molar refractivity (Wildman–Crippen MR) is 159 cm³/mol. The molecule has 44 heavy (non-hydrogen) atoms. The van der Waals surface area contributed by atoms with E-state index in [1.54, 1.807) is 52.0 Å². The van der Waals surface area contributed by atoms with Crippen molar-refractivity contribution in [2.75, 3.05) is 18.4 Å². The van der Waals surface area contributed by atoms with Crippen LogP contribution in [0.15, 0.2) is 36.4 Å². The van der Waals surface area contributed by atoms with E-state index in [9.17, 15) is 33.6 Å². The predicted octanol–water partition coefficient (Wildman–Crippen LogP) is -0.349. The summed E-state index contributed by atoms with van der Waals surface area (Å²) in [5, 5.41) is 10.3. The van der Waals surface area contributed by atoms with Crippen molar-refractivity contribution in [3.8, 4) is 0 Å². The molecule has 1 aromatic carbocycles. The number of nitrogens with two attached hydrogens (primary N) is 2. The lowest BCUT2D eigenvalue weighted by Crippen LogP contribution is -2.60. The van der Waals surface area contributed by atoms with Crippen molar-refractivity contribution in [1.82, 2.24) is 20.9 Å². The van der Waals surface area contributed by atoms with Crippen molar-refractivity contribution in [1.29, 1.82) is 0 Å². The smallest absolute Gasteiger partial charge is 0.312 e. The Balaban J connectivity index is 2.14. The molecule has 0 saturated heterocycles. The molecule has 0 saturated carbocycles. The van der Waals surface area contributed by atoms with E-state index >= 15 is 0 Å². The highest BCUT2D eigenvalue weighted by Gasteiger charge is 2.37. The Morgan fingerprint density at radius 3 is 2.02 bits per heavy atom. The first kappa shape index (κ1) is 35.4. The molecular formula is C29H41N7O8. The van der Waals surface area contributed by atoms with Crippen LogP contribution in [0.3, 0.4) is 0 Å². The maximum Gasteiger partial charge on any atom is 0.312 e. The second-order valence-electron chi connectivity index (χ2n) is 10.8. The average Bonchev–Trinajstić information content (AvgIpc) is 3.29. The SMILES string of the molecule is CC(C)C(=O)OCc1ccc(NC(=O)C(CCCNC(N)=O)NC(=O)C(NC(=O)C(CN)N2C(=O)C=CC2=O)C(C)C)cc1. The standard InChI is InChI=1S/C29H41N7O8/c1-16(2)24(35-26(40)21(14-30)36-22(37)11-12-23(36)38)27(41)34-20(6-5-13-32-29(31)43)25(39)33-19-9-7-18(8-10-19)15-44-28(42)17(3)4/h7-12,16-17,20-21,24H,5-6,13-15,30H2,1-4H3,(H,33,39)(H,34,41)(H,35,40)(H3,31,32,43). The first-order chi connectivity index (χ1) is 20.7. The second-order valence-corrected chi connectivity index (χ2v) is 10.8. The Hall–Kier alpha value is -4.79. The van der Waals surface area contributed by atoms with E-state index in [-0.39, 0.29) is 44.4 Å². The minimum Gasteiger partial charge on any atom is -0.461 e. The third-order valence-electron chi connectivity index (χ3n) is 6.60. The van der Waals surface area contributed by atoms with Crippen molar-refractivity contribution < 1.29 is 38.3 Å². The Morgan fingerprint density at radius 2 is 1.50 bits per heavy atom. The van der Waals surface area contributed by atoms with Gasteiger partial charge in [-0.25, -0.2) is 4.79 Å². The van der Waals surface area contributed by atoms with Crippen molar-refractivity contribution in [3.63, 3.8) is 0 Å². The molecular weight excluding hydrogens is 574 g/mol. The van der Waals surface area contributed by atoms with E-state index in [1.165, 1.54) is 0 Å². The Bertz CT molecular complexity index is 1240. The van der Waals surface area contributed by atoms with Gasteiger partial charge in [0.05, 0.1) is 5.92 Å². The Labute approximate surface area is 255 Å². The van der Waals surface area contributed by atoms with Gasteiger partial charge in [-0.1, -0.05) is 39.8 Å². The van der Waals surface area contributed by atoms with Gasteiger partial charge in [-0.2, -0.15) is 0 Å². The highest BCUT2D eigenvalue weighted by atomic mass is 16.5. The lowest BCUT2D eigenvalue weighted by Gasteiger charge is -2.29. The van der Waals surface area contributed by atoms with E-state index < -0.39 is 59.6 Å². The number of esters is 1. The van der Waals surface area contributed by atoms with Gasteiger partial charge in [-0.3, -0.25) is 33.7 Å². The summed E-state index contributed by atoms with van der Waals surface area (Å²) in [4.78, 5) is 87.4. The fourth-order valence-electron chi connectivity index (χ4n) is 4.12. The van der Waals surface area contributed by atoms with Crippen LogP contribution in [0.25, 0.3) is 0 Å². The molecule has 0 fully saturated rings. The van der Waals surface area contributed by atoms with Crippen LogP contribution in [0.1, 0.15) is 46.1 Å². The summed E-state index contributed by atoms with van der Waals surface area (Å²) in [7, 11) is 0. The molecule has 1 aromatic rings. The lowest BCUT2D eigenvalue weighted by molar-refractivity contribution is -0.148. The molecule has 1 aliphatic heterocycles. The highest BCUT2D eigenvalue weighted by molar-refractivity contribution is 6.15. The molecule has 2 rings (SSSR count).